The first kappa shape index (κ1) is 6.39. The fraction of sp³-hybridized carbons (Fsp3) is 0.667. The van der Waals surface area contributed by atoms with Crippen molar-refractivity contribution in [1.82, 2.24) is 0 Å². The molecule has 0 aromatic heterocycles. The Balaban J connectivity index is 2.36. The Morgan fingerprint density at radius 1 is 1.22 bits per heavy atom. The number of halogens is 1. The van der Waals surface area contributed by atoms with Gasteiger partial charge in [-0.25, -0.2) is 4.39 Å². The van der Waals surface area contributed by atoms with Gasteiger partial charge in [0.25, 0.3) is 0 Å². The van der Waals surface area contributed by atoms with E-state index in [1.165, 1.54) is 0 Å². The number of rotatable bonds is 0. The molecule has 9 heavy (non-hydrogen) atoms. The quantitative estimate of drug-likeness (QED) is 0.498. The van der Waals surface area contributed by atoms with E-state index in [0.717, 1.165) is 12.8 Å². The van der Waals surface area contributed by atoms with Crippen LogP contribution in [0.2, 0.25) is 0 Å². The van der Waals surface area contributed by atoms with Gasteiger partial charge < -0.3 is 9.47 Å². The maximum atomic E-state index is 11.6. The largest absolute Gasteiger partial charge is 0.464 e. The molecule has 0 aromatic rings. The van der Waals surface area contributed by atoms with Gasteiger partial charge in [-0.05, 0) is 12.8 Å². The van der Waals surface area contributed by atoms with Gasteiger partial charge in [-0.15, -0.1) is 0 Å². The Morgan fingerprint density at radius 3 is 2.22 bits per heavy atom. The van der Waals surface area contributed by atoms with Gasteiger partial charge in [0, 0.05) is 0 Å². The van der Waals surface area contributed by atoms with Crippen LogP contribution in [0.4, 0.5) is 4.39 Å². The van der Waals surface area contributed by atoms with Crippen molar-refractivity contribution in [3.63, 3.8) is 0 Å². The topological polar surface area (TPSA) is 18.5 Å². The molecule has 0 spiro atoms. The molecule has 1 heterocycles. The highest BCUT2D eigenvalue weighted by Crippen LogP contribution is 2.08. The van der Waals surface area contributed by atoms with Crippen molar-refractivity contribution in [2.75, 3.05) is 13.2 Å². The second-order valence-corrected chi connectivity index (χ2v) is 1.83. The van der Waals surface area contributed by atoms with E-state index in [1.807, 2.05) is 0 Å². The first-order chi connectivity index (χ1) is 4.43. The average Bonchev–Trinajstić information content (AvgIpc) is 2.13. The Hall–Kier alpha value is -0.730. The molecule has 1 saturated heterocycles. The monoisotopic (exact) mass is 132 g/mol. The summed E-state index contributed by atoms with van der Waals surface area (Å²) in [7, 11) is 0. The zero-order valence-corrected chi connectivity index (χ0v) is 5.10. The molecule has 0 saturated carbocycles. The van der Waals surface area contributed by atoms with Gasteiger partial charge in [0.15, 0.2) is 6.33 Å². The Labute approximate surface area is 53.3 Å². The van der Waals surface area contributed by atoms with Crippen LogP contribution in [-0.2, 0) is 9.47 Å². The molecule has 0 unspecified atom stereocenters. The molecule has 1 fully saturated rings. The third-order valence-electron chi connectivity index (χ3n) is 1.12. The molecule has 52 valence electrons. The normalized spacial score (nSPS) is 19.4. The molecule has 0 atom stereocenters. The molecule has 1 aliphatic heterocycles. The van der Waals surface area contributed by atoms with E-state index in [2.05, 4.69) is 0 Å². The van der Waals surface area contributed by atoms with Crippen LogP contribution in [0.5, 0.6) is 0 Å². The Kier molecular flexibility index (Phi) is 2.36. The lowest BCUT2D eigenvalue weighted by molar-refractivity contribution is 0.0565. The first-order valence-electron chi connectivity index (χ1n) is 2.99. The highest BCUT2D eigenvalue weighted by molar-refractivity contribution is 4.75. The van der Waals surface area contributed by atoms with Gasteiger partial charge in [-0.1, -0.05) is 0 Å². The second kappa shape index (κ2) is 3.33. The van der Waals surface area contributed by atoms with Crippen molar-refractivity contribution in [2.45, 2.75) is 12.8 Å². The number of hydrogen-bond acceptors (Lipinski definition) is 2. The molecule has 1 aliphatic rings. The van der Waals surface area contributed by atoms with Crippen LogP contribution in [0.1, 0.15) is 12.8 Å². The zero-order chi connectivity index (χ0) is 6.53. The summed E-state index contributed by atoms with van der Waals surface area (Å²) in [5.74, 6) is 0.0208. The molecule has 3 heteroatoms. The van der Waals surface area contributed by atoms with Crippen LogP contribution in [0.25, 0.3) is 0 Å². The summed E-state index contributed by atoms with van der Waals surface area (Å²) in [6.45, 7) is 1.13. The van der Waals surface area contributed by atoms with Gasteiger partial charge in [-0.2, -0.15) is 0 Å². The fourth-order valence-corrected chi connectivity index (χ4v) is 0.654. The van der Waals surface area contributed by atoms with E-state index in [4.69, 9.17) is 9.47 Å². The SMILES string of the molecule is FC=C1OCCCCO1. The van der Waals surface area contributed by atoms with E-state index in [-0.39, 0.29) is 5.95 Å². The van der Waals surface area contributed by atoms with E-state index in [9.17, 15) is 4.39 Å². The van der Waals surface area contributed by atoms with Crippen LogP contribution in [0.3, 0.4) is 0 Å². The summed E-state index contributed by atoms with van der Waals surface area (Å²) < 4.78 is 21.3. The molecular formula is C6H9FO2. The summed E-state index contributed by atoms with van der Waals surface area (Å²) in [4.78, 5) is 0. The molecule has 0 aliphatic carbocycles. The lowest BCUT2D eigenvalue weighted by Gasteiger charge is -2.02. The van der Waals surface area contributed by atoms with Crippen molar-refractivity contribution < 1.29 is 13.9 Å². The predicted molar refractivity (Wildman–Crippen MR) is 30.3 cm³/mol. The van der Waals surface area contributed by atoms with Gasteiger partial charge in [0.2, 0.25) is 0 Å². The average molecular weight is 132 g/mol. The smallest absolute Gasteiger partial charge is 0.308 e. The van der Waals surface area contributed by atoms with Crippen LogP contribution < -0.4 is 0 Å². The summed E-state index contributed by atoms with van der Waals surface area (Å²) in [6, 6.07) is 0. The standard InChI is InChI=1S/C6H9FO2/c7-5-6-8-3-1-2-4-9-6/h5H,1-4H2. The highest BCUT2D eigenvalue weighted by atomic mass is 19.1. The van der Waals surface area contributed by atoms with E-state index < -0.39 is 0 Å². The molecule has 2 nitrogen and oxygen atoms in total. The van der Waals surface area contributed by atoms with Crippen molar-refractivity contribution in [1.29, 1.82) is 0 Å². The molecule has 0 amide bonds. The lowest BCUT2D eigenvalue weighted by atomic mass is 10.3. The van der Waals surface area contributed by atoms with Crippen LogP contribution in [0.15, 0.2) is 12.3 Å². The van der Waals surface area contributed by atoms with Gasteiger partial charge in [-0.3, -0.25) is 0 Å². The first-order valence-corrected chi connectivity index (χ1v) is 2.99. The van der Waals surface area contributed by atoms with Crippen LogP contribution in [0, 0.1) is 0 Å². The third kappa shape index (κ3) is 1.91. The number of hydrogen-bond donors (Lipinski definition) is 0. The molecule has 0 aromatic carbocycles. The molecule has 0 N–H and O–H groups in total. The minimum atomic E-state index is 0.0208. The fourth-order valence-electron chi connectivity index (χ4n) is 0.654. The van der Waals surface area contributed by atoms with Crippen LogP contribution >= 0.6 is 0 Å². The van der Waals surface area contributed by atoms with Crippen molar-refractivity contribution >= 4 is 0 Å². The highest BCUT2D eigenvalue weighted by Gasteiger charge is 2.03. The summed E-state index contributed by atoms with van der Waals surface area (Å²) in [6.07, 6.45) is 2.24. The van der Waals surface area contributed by atoms with Crippen molar-refractivity contribution in [3.8, 4) is 0 Å². The minimum Gasteiger partial charge on any atom is -0.464 e. The maximum absolute atomic E-state index is 11.6. The number of ether oxygens (including phenoxy) is 2. The second-order valence-electron chi connectivity index (χ2n) is 1.83. The summed E-state index contributed by atoms with van der Waals surface area (Å²) in [5, 5.41) is 0. The van der Waals surface area contributed by atoms with Crippen LogP contribution in [-0.4, -0.2) is 13.2 Å². The molecule has 1 rings (SSSR count). The predicted octanol–water partition coefficient (Wildman–Crippen LogP) is 1.58. The van der Waals surface area contributed by atoms with Gasteiger partial charge in [0.1, 0.15) is 0 Å². The van der Waals surface area contributed by atoms with E-state index in [0.29, 0.717) is 19.5 Å². The van der Waals surface area contributed by atoms with Gasteiger partial charge in [0.05, 0.1) is 13.2 Å². The Morgan fingerprint density at radius 2 is 1.78 bits per heavy atom. The molecule has 0 radical (unpaired) electrons. The minimum absolute atomic E-state index is 0.0208. The summed E-state index contributed by atoms with van der Waals surface area (Å²) >= 11 is 0. The summed E-state index contributed by atoms with van der Waals surface area (Å²) in [5.41, 5.74) is 0. The van der Waals surface area contributed by atoms with Crippen molar-refractivity contribution in [2.24, 2.45) is 0 Å². The third-order valence-corrected chi connectivity index (χ3v) is 1.12. The van der Waals surface area contributed by atoms with E-state index >= 15 is 0 Å². The zero-order valence-electron chi connectivity index (χ0n) is 5.10. The van der Waals surface area contributed by atoms with E-state index in [1.54, 1.807) is 0 Å². The lowest BCUT2D eigenvalue weighted by Crippen LogP contribution is -1.92. The molecular weight excluding hydrogens is 123 g/mol. The van der Waals surface area contributed by atoms with Gasteiger partial charge >= 0.3 is 5.95 Å². The molecule has 0 bridgehead atoms. The van der Waals surface area contributed by atoms with Crippen molar-refractivity contribution in [3.05, 3.63) is 12.3 Å². The Bertz CT molecular complexity index is 102. The maximum Gasteiger partial charge on any atom is 0.308 e.